The number of aromatic nitrogens is 1. The predicted octanol–water partition coefficient (Wildman–Crippen LogP) is 1.86. The first-order chi connectivity index (χ1) is 8.60. The molecule has 0 bridgehead atoms. The lowest BCUT2D eigenvalue weighted by atomic mass is 10.1. The normalized spacial score (nSPS) is 23.7. The van der Waals surface area contributed by atoms with E-state index in [0.29, 0.717) is 18.5 Å². The van der Waals surface area contributed by atoms with Crippen molar-refractivity contribution in [3.8, 4) is 5.75 Å². The van der Waals surface area contributed by atoms with E-state index in [4.69, 9.17) is 5.73 Å². The summed E-state index contributed by atoms with van der Waals surface area (Å²) in [5, 5.41) is 0. The van der Waals surface area contributed by atoms with Crippen LogP contribution in [0, 0.1) is 5.92 Å². The Balaban J connectivity index is 2.05. The number of ether oxygens (including phenoxy) is 1. The maximum absolute atomic E-state index is 12.0. The molecule has 6 heteroatoms. The zero-order chi connectivity index (χ0) is 13.1. The lowest BCUT2D eigenvalue weighted by Gasteiger charge is -2.22. The number of nitrogens with zero attached hydrogens (tertiary/aromatic N) is 2. The van der Waals surface area contributed by atoms with Gasteiger partial charge in [-0.2, -0.15) is 8.78 Å². The standard InChI is InChI=1S/C12H17F2N3O/c1-8-4-9(5-15)7-17(8)11-3-2-10(6-16-11)18-12(13)14/h2-3,6,8-9,12H,4-5,7,15H2,1H3. The second kappa shape index (κ2) is 5.48. The summed E-state index contributed by atoms with van der Waals surface area (Å²) < 4.78 is 28.3. The molecule has 0 radical (unpaired) electrons. The third kappa shape index (κ3) is 2.87. The predicted molar refractivity (Wildman–Crippen MR) is 64.8 cm³/mol. The molecule has 2 unspecified atom stereocenters. The highest BCUT2D eigenvalue weighted by Gasteiger charge is 2.28. The van der Waals surface area contributed by atoms with Gasteiger partial charge in [-0.3, -0.25) is 0 Å². The first-order valence-corrected chi connectivity index (χ1v) is 5.97. The highest BCUT2D eigenvalue weighted by atomic mass is 19.3. The molecule has 2 heterocycles. The molecule has 0 amide bonds. The van der Waals surface area contributed by atoms with Crippen LogP contribution in [0.4, 0.5) is 14.6 Å². The summed E-state index contributed by atoms with van der Waals surface area (Å²) in [7, 11) is 0. The van der Waals surface area contributed by atoms with E-state index in [2.05, 4.69) is 21.5 Å². The van der Waals surface area contributed by atoms with Crippen LogP contribution in [0.3, 0.4) is 0 Å². The SMILES string of the molecule is CC1CC(CN)CN1c1ccc(OC(F)F)cn1. The molecular formula is C12H17F2N3O. The topological polar surface area (TPSA) is 51.4 Å². The molecule has 0 aromatic carbocycles. The molecule has 1 fully saturated rings. The largest absolute Gasteiger partial charge is 0.433 e. The summed E-state index contributed by atoms with van der Waals surface area (Å²) >= 11 is 0. The number of pyridine rings is 1. The number of anilines is 1. The third-order valence-electron chi connectivity index (χ3n) is 3.23. The molecule has 1 aromatic heterocycles. The highest BCUT2D eigenvalue weighted by molar-refractivity contribution is 5.43. The highest BCUT2D eigenvalue weighted by Crippen LogP contribution is 2.28. The minimum absolute atomic E-state index is 0.0796. The van der Waals surface area contributed by atoms with E-state index >= 15 is 0 Å². The molecule has 0 aliphatic carbocycles. The third-order valence-corrected chi connectivity index (χ3v) is 3.23. The van der Waals surface area contributed by atoms with Crippen molar-refractivity contribution in [2.24, 2.45) is 11.7 Å². The van der Waals surface area contributed by atoms with E-state index in [9.17, 15) is 8.78 Å². The Morgan fingerprint density at radius 3 is 2.83 bits per heavy atom. The Bertz CT molecular complexity index is 385. The number of alkyl halides is 2. The number of hydrogen-bond acceptors (Lipinski definition) is 4. The van der Waals surface area contributed by atoms with Gasteiger partial charge in [-0.05, 0) is 37.9 Å². The van der Waals surface area contributed by atoms with Gasteiger partial charge in [-0.1, -0.05) is 0 Å². The number of nitrogens with two attached hydrogens (primary N) is 1. The lowest BCUT2D eigenvalue weighted by Crippen LogP contribution is -2.28. The lowest BCUT2D eigenvalue weighted by molar-refractivity contribution is -0.0500. The fraction of sp³-hybridized carbons (Fsp3) is 0.583. The first-order valence-electron chi connectivity index (χ1n) is 5.97. The second-order valence-corrected chi connectivity index (χ2v) is 4.57. The van der Waals surface area contributed by atoms with Crippen molar-refractivity contribution in [3.63, 3.8) is 0 Å². The van der Waals surface area contributed by atoms with E-state index in [-0.39, 0.29) is 5.75 Å². The molecule has 1 saturated heterocycles. The Hall–Kier alpha value is -1.43. The van der Waals surface area contributed by atoms with Gasteiger partial charge in [-0.25, -0.2) is 4.98 Å². The molecule has 2 rings (SSSR count). The van der Waals surface area contributed by atoms with Crippen LogP contribution in [0.5, 0.6) is 5.75 Å². The van der Waals surface area contributed by atoms with Crippen molar-refractivity contribution in [2.45, 2.75) is 26.0 Å². The summed E-state index contributed by atoms with van der Waals surface area (Å²) in [6, 6.07) is 3.58. The summed E-state index contributed by atoms with van der Waals surface area (Å²) in [6.45, 7) is 0.818. The van der Waals surface area contributed by atoms with Crippen LogP contribution in [0.25, 0.3) is 0 Å². The van der Waals surface area contributed by atoms with Crippen LogP contribution in [0.15, 0.2) is 18.3 Å². The molecule has 1 aliphatic heterocycles. The maximum Gasteiger partial charge on any atom is 0.387 e. The quantitative estimate of drug-likeness (QED) is 0.894. The van der Waals surface area contributed by atoms with Gasteiger partial charge < -0.3 is 15.4 Å². The van der Waals surface area contributed by atoms with E-state index < -0.39 is 6.61 Å². The monoisotopic (exact) mass is 257 g/mol. The number of hydrogen-bond donors (Lipinski definition) is 1. The fourth-order valence-electron chi connectivity index (χ4n) is 2.35. The van der Waals surface area contributed by atoms with Gasteiger partial charge in [0.2, 0.25) is 0 Å². The molecular weight excluding hydrogens is 240 g/mol. The van der Waals surface area contributed by atoms with Crippen molar-refractivity contribution < 1.29 is 13.5 Å². The smallest absolute Gasteiger partial charge is 0.387 e. The molecule has 2 atom stereocenters. The van der Waals surface area contributed by atoms with E-state index in [1.807, 2.05) is 0 Å². The minimum Gasteiger partial charge on any atom is -0.433 e. The Morgan fingerprint density at radius 1 is 1.56 bits per heavy atom. The summed E-state index contributed by atoms with van der Waals surface area (Å²) in [6.07, 6.45) is 2.36. The molecule has 18 heavy (non-hydrogen) atoms. The zero-order valence-electron chi connectivity index (χ0n) is 10.2. The van der Waals surface area contributed by atoms with E-state index in [1.54, 1.807) is 6.07 Å². The maximum atomic E-state index is 12.0. The van der Waals surface area contributed by atoms with Crippen LogP contribution in [0.1, 0.15) is 13.3 Å². The van der Waals surface area contributed by atoms with Crippen LogP contribution < -0.4 is 15.4 Å². The molecule has 0 spiro atoms. The average Bonchev–Trinajstić information content (AvgIpc) is 2.71. The van der Waals surface area contributed by atoms with Gasteiger partial charge in [0.1, 0.15) is 11.6 Å². The van der Waals surface area contributed by atoms with Crippen molar-refractivity contribution in [3.05, 3.63) is 18.3 Å². The molecule has 100 valence electrons. The van der Waals surface area contributed by atoms with Crippen molar-refractivity contribution in [1.29, 1.82) is 0 Å². The van der Waals surface area contributed by atoms with Crippen molar-refractivity contribution in [1.82, 2.24) is 4.98 Å². The first kappa shape index (κ1) is 13.0. The van der Waals surface area contributed by atoms with E-state index in [0.717, 1.165) is 18.8 Å². The van der Waals surface area contributed by atoms with Crippen molar-refractivity contribution >= 4 is 5.82 Å². The van der Waals surface area contributed by atoms with Crippen molar-refractivity contribution in [2.75, 3.05) is 18.0 Å². The summed E-state index contributed by atoms with van der Waals surface area (Å²) in [5.74, 6) is 1.33. The Labute approximate surface area is 105 Å². The Morgan fingerprint density at radius 2 is 2.33 bits per heavy atom. The van der Waals surface area contributed by atoms with Gasteiger partial charge in [0.05, 0.1) is 6.20 Å². The molecule has 1 aliphatic rings. The van der Waals surface area contributed by atoms with Crippen LogP contribution >= 0.6 is 0 Å². The second-order valence-electron chi connectivity index (χ2n) is 4.57. The summed E-state index contributed by atoms with van der Waals surface area (Å²) in [4.78, 5) is 6.30. The molecule has 0 saturated carbocycles. The van der Waals surface area contributed by atoms with Gasteiger partial charge in [-0.15, -0.1) is 0 Å². The molecule has 2 N–H and O–H groups in total. The molecule has 1 aromatic rings. The minimum atomic E-state index is -2.81. The molecule has 4 nitrogen and oxygen atoms in total. The number of rotatable bonds is 4. The van der Waals surface area contributed by atoms with Gasteiger partial charge >= 0.3 is 6.61 Å². The van der Waals surface area contributed by atoms with E-state index in [1.165, 1.54) is 12.3 Å². The average molecular weight is 257 g/mol. The van der Waals surface area contributed by atoms with Gasteiger partial charge in [0, 0.05) is 12.6 Å². The summed E-state index contributed by atoms with van der Waals surface area (Å²) in [5.41, 5.74) is 5.66. The van der Waals surface area contributed by atoms with Gasteiger partial charge in [0.25, 0.3) is 0 Å². The zero-order valence-corrected chi connectivity index (χ0v) is 10.2. The van der Waals surface area contributed by atoms with Crippen LogP contribution in [0.2, 0.25) is 0 Å². The van der Waals surface area contributed by atoms with Crippen LogP contribution in [-0.2, 0) is 0 Å². The fourth-order valence-corrected chi connectivity index (χ4v) is 2.35. The Kier molecular flexibility index (Phi) is 3.96. The number of halogens is 2. The van der Waals surface area contributed by atoms with Gasteiger partial charge in [0.15, 0.2) is 0 Å². The van der Waals surface area contributed by atoms with Crippen LogP contribution in [-0.4, -0.2) is 30.7 Å².